The van der Waals surface area contributed by atoms with Gasteiger partial charge in [0.25, 0.3) is 0 Å². The van der Waals surface area contributed by atoms with Crippen molar-refractivity contribution in [3.05, 3.63) is 29.6 Å². The van der Waals surface area contributed by atoms with Crippen LogP contribution in [0.5, 0.6) is 0 Å². The van der Waals surface area contributed by atoms with Crippen LogP contribution < -0.4 is 5.73 Å². The molecule has 1 aromatic heterocycles. The predicted molar refractivity (Wildman–Crippen MR) is 79.3 cm³/mol. The van der Waals surface area contributed by atoms with Gasteiger partial charge in [-0.1, -0.05) is 6.07 Å². The fraction of sp³-hybridized carbons (Fsp3) is 0.625. The third-order valence-electron chi connectivity index (χ3n) is 4.97. The average Bonchev–Trinajstić information content (AvgIpc) is 2.94. The van der Waals surface area contributed by atoms with Gasteiger partial charge in [0.1, 0.15) is 11.8 Å². The van der Waals surface area contributed by atoms with Crippen LogP contribution in [-0.2, 0) is 5.60 Å². The van der Waals surface area contributed by atoms with Crippen LogP contribution in [0.15, 0.2) is 18.3 Å². The summed E-state index contributed by atoms with van der Waals surface area (Å²) in [5.74, 6) is 0. The van der Waals surface area contributed by atoms with Crippen LogP contribution in [-0.4, -0.2) is 40.2 Å². The molecule has 0 amide bonds. The van der Waals surface area contributed by atoms with E-state index in [0.717, 1.165) is 50.8 Å². The van der Waals surface area contributed by atoms with Crippen molar-refractivity contribution in [2.45, 2.75) is 49.8 Å². The molecule has 0 aromatic carbocycles. The Labute approximate surface area is 125 Å². The molecule has 1 saturated carbocycles. The van der Waals surface area contributed by atoms with Crippen molar-refractivity contribution in [3.8, 4) is 6.07 Å². The van der Waals surface area contributed by atoms with Crippen molar-refractivity contribution in [2.24, 2.45) is 5.73 Å². The normalized spacial score (nSPS) is 33.8. The van der Waals surface area contributed by atoms with Crippen LogP contribution in [0.2, 0.25) is 0 Å². The zero-order chi connectivity index (χ0) is 14.9. The van der Waals surface area contributed by atoms with Crippen molar-refractivity contribution < 1.29 is 5.11 Å². The Bertz CT molecular complexity index is 528. The molecule has 5 heteroatoms. The first-order chi connectivity index (χ1) is 10.1. The average molecular weight is 286 g/mol. The van der Waals surface area contributed by atoms with Gasteiger partial charge in [0, 0.05) is 36.9 Å². The molecule has 1 saturated heterocycles. The van der Waals surface area contributed by atoms with E-state index in [9.17, 15) is 5.11 Å². The van der Waals surface area contributed by atoms with Crippen LogP contribution in [0.25, 0.3) is 0 Å². The standard InChI is InChI=1S/C16H22N4O/c17-9-14-2-1-12(10-19-14)16(21)6-3-15(4-7-16)20-8-5-13(18)11-20/h1-2,10,13,15,21H,3-8,11,18H2/t13-,15?,16?/m1/s1. The van der Waals surface area contributed by atoms with Crippen molar-refractivity contribution in [3.63, 3.8) is 0 Å². The molecule has 1 aliphatic carbocycles. The van der Waals surface area contributed by atoms with Crippen molar-refractivity contribution in [1.82, 2.24) is 9.88 Å². The highest BCUT2D eigenvalue weighted by Crippen LogP contribution is 2.38. The number of nitrogens with zero attached hydrogens (tertiary/aromatic N) is 3. The van der Waals surface area contributed by atoms with E-state index < -0.39 is 5.60 Å². The molecule has 5 nitrogen and oxygen atoms in total. The molecule has 3 N–H and O–H groups in total. The monoisotopic (exact) mass is 286 g/mol. The van der Waals surface area contributed by atoms with Gasteiger partial charge in [-0.3, -0.25) is 4.90 Å². The first-order valence-electron chi connectivity index (χ1n) is 7.69. The zero-order valence-electron chi connectivity index (χ0n) is 12.2. The number of aromatic nitrogens is 1. The van der Waals surface area contributed by atoms with Gasteiger partial charge in [0.15, 0.2) is 0 Å². The number of hydrogen-bond acceptors (Lipinski definition) is 5. The van der Waals surface area contributed by atoms with Gasteiger partial charge in [0.2, 0.25) is 0 Å². The van der Waals surface area contributed by atoms with Crippen LogP contribution in [0.3, 0.4) is 0 Å². The van der Waals surface area contributed by atoms with E-state index in [-0.39, 0.29) is 0 Å². The molecule has 1 aliphatic heterocycles. The lowest BCUT2D eigenvalue weighted by Gasteiger charge is -2.39. The summed E-state index contributed by atoms with van der Waals surface area (Å²) < 4.78 is 0. The number of nitriles is 1. The summed E-state index contributed by atoms with van der Waals surface area (Å²) in [7, 11) is 0. The summed E-state index contributed by atoms with van der Waals surface area (Å²) in [5.41, 5.74) is 6.41. The van der Waals surface area contributed by atoms with Gasteiger partial charge in [-0.25, -0.2) is 4.98 Å². The maximum atomic E-state index is 10.9. The van der Waals surface area contributed by atoms with E-state index in [2.05, 4.69) is 9.88 Å². The van der Waals surface area contributed by atoms with Gasteiger partial charge >= 0.3 is 0 Å². The molecular weight excluding hydrogens is 264 g/mol. The molecular formula is C16H22N4O. The zero-order valence-corrected chi connectivity index (χ0v) is 12.2. The topological polar surface area (TPSA) is 86.2 Å². The lowest BCUT2D eigenvalue weighted by molar-refractivity contribution is -0.0225. The van der Waals surface area contributed by atoms with Crippen LogP contribution in [0, 0.1) is 11.3 Å². The Morgan fingerprint density at radius 2 is 2.10 bits per heavy atom. The number of likely N-dealkylation sites (tertiary alicyclic amines) is 1. The SMILES string of the molecule is N#Cc1ccc(C2(O)CCC(N3CC[C@@H](N)C3)CC2)cn1. The van der Waals surface area contributed by atoms with Gasteiger partial charge < -0.3 is 10.8 Å². The van der Waals surface area contributed by atoms with Crippen LogP contribution in [0.4, 0.5) is 0 Å². The van der Waals surface area contributed by atoms with E-state index in [1.54, 1.807) is 12.3 Å². The largest absolute Gasteiger partial charge is 0.385 e. The Morgan fingerprint density at radius 1 is 1.33 bits per heavy atom. The minimum absolute atomic E-state index is 0.313. The van der Waals surface area contributed by atoms with E-state index in [4.69, 9.17) is 11.0 Å². The van der Waals surface area contributed by atoms with Crippen LogP contribution in [0.1, 0.15) is 43.4 Å². The minimum atomic E-state index is -0.792. The number of aliphatic hydroxyl groups is 1. The number of rotatable bonds is 2. The second-order valence-electron chi connectivity index (χ2n) is 6.35. The summed E-state index contributed by atoms with van der Waals surface area (Å²) in [4.78, 5) is 6.55. The predicted octanol–water partition coefficient (Wildman–Crippen LogP) is 1.12. The molecule has 2 aliphatic rings. The quantitative estimate of drug-likeness (QED) is 0.850. The lowest BCUT2D eigenvalue weighted by atomic mass is 9.78. The molecule has 21 heavy (non-hydrogen) atoms. The Balaban J connectivity index is 1.64. The lowest BCUT2D eigenvalue weighted by Crippen LogP contribution is -2.42. The third-order valence-corrected chi connectivity index (χ3v) is 4.97. The second kappa shape index (κ2) is 5.72. The molecule has 1 aromatic rings. The molecule has 0 unspecified atom stereocenters. The van der Waals surface area contributed by atoms with E-state index in [0.29, 0.717) is 17.8 Å². The maximum Gasteiger partial charge on any atom is 0.140 e. The first-order valence-corrected chi connectivity index (χ1v) is 7.69. The van der Waals surface area contributed by atoms with Gasteiger partial charge in [-0.2, -0.15) is 5.26 Å². The molecule has 2 fully saturated rings. The van der Waals surface area contributed by atoms with E-state index in [1.807, 2.05) is 12.1 Å². The van der Waals surface area contributed by atoms with Gasteiger partial charge in [0.05, 0.1) is 5.60 Å². The fourth-order valence-corrected chi connectivity index (χ4v) is 3.62. The summed E-state index contributed by atoms with van der Waals surface area (Å²) in [5, 5.41) is 19.6. The summed E-state index contributed by atoms with van der Waals surface area (Å²) in [6.07, 6.45) is 6.20. The summed E-state index contributed by atoms with van der Waals surface area (Å²) in [6.45, 7) is 2.07. The molecule has 0 bridgehead atoms. The summed E-state index contributed by atoms with van der Waals surface area (Å²) in [6, 6.07) is 6.38. The number of hydrogen-bond donors (Lipinski definition) is 2. The highest BCUT2D eigenvalue weighted by Gasteiger charge is 2.38. The number of pyridine rings is 1. The molecule has 1 atom stereocenters. The highest BCUT2D eigenvalue weighted by atomic mass is 16.3. The second-order valence-corrected chi connectivity index (χ2v) is 6.35. The highest BCUT2D eigenvalue weighted by molar-refractivity contribution is 5.27. The number of nitrogens with two attached hydrogens (primary N) is 1. The summed E-state index contributed by atoms with van der Waals surface area (Å²) >= 11 is 0. The molecule has 3 rings (SSSR count). The Kier molecular flexibility index (Phi) is 3.94. The van der Waals surface area contributed by atoms with Crippen molar-refractivity contribution >= 4 is 0 Å². The van der Waals surface area contributed by atoms with Gasteiger partial charge in [-0.05, 0) is 38.2 Å². The Hall–Kier alpha value is -1.48. The molecule has 0 radical (unpaired) electrons. The minimum Gasteiger partial charge on any atom is -0.385 e. The van der Waals surface area contributed by atoms with Crippen molar-refractivity contribution in [2.75, 3.05) is 13.1 Å². The van der Waals surface area contributed by atoms with Gasteiger partial charge in [-0.15, -0.1) is 0 Å². The smallest absolute Gasteiger partial charge is 0.140 e. The van der Waals surface area contributed by atoms with Crippen molar-refractivity contribution in [1.29, 1.82) is 5.26 Å². The Morgan fingerprint density at radius 3 is 2.62 bits per heavy atom. The molecule has 2 heterocycles. The first kappa shape index (κ1) is 14.5. The van der Waals surface area contributed by atoms with Crippen LogP contribution >= 0.6 is 0 Å². The molecule has 112 valence electrons. The third kappa shape index (κ3) is 2.93. The fourth-order valence-electron chi connectivity index (χ4n) is 3.62. The van der Waals surface area contributed by atoms with E-state index in [1.165, 1.54) is 0 Å². The molecule has 0 spiro atoms. The van der Waals surface area contributed by atoms with E-state index >= 15 is 0 Å². The maximum absolute atomic E-state index is 10.9.